The van der Waals surface area contributed by atoms with Crippen LogP contribution in [0.25, 0.3) is 11.1 Å². The molecule has 0 bridgehead atoms. The first-order valence-electron chi connectivity index (χ1n) is 24.9. The fourth-order valence-electron chi connectivity index (χ4n) is 9.72. The molecule has 0 amide bonds. The van der Waals surface area contributed by atoms with E-state index in [1.807, 2.05) is 109 Å². The molecule has 0 fully saturated rings. The molecule has 0 saturated heterocycles. The maximum atomic E-state index is 6.56. The number of hydrogen-bond acceptors (Lipinski definition) is 6. The van der Waals surface area contributed by atoms with E-state index >= 15 is 0 Å². The van der Waals surface area contributed by atoms with Gasteiger partial charge in [0.25, 0.3) is 0 Å². The normalized spacial score (nSPS) is 12.0. The molecule has 370 valence electrons. The van der Waals surface area contributed by atoms with E-state index < -0.39 is 5.41 Å². The highest BCUT2D eigenvalue weighted by Gasteiger charge is 2.46. The summed E-state index contributed by atoms with van der Waals surface area (Å²) in [6, 6.07) is 82.9. The largest absolute Gasteiger partial charge is 0.489 e. The third-order valence-electron chi connectivity index (χ3n) is 13.3. The SMILES string of the molecule is Brc1ccc2c(c1)C(c1ccc(OCc3cc(OCc4ccccc4)cc(OCc4ccccc4)c3)cc1)(c1ccc(OCc3cc(OCc4ccccc4)cc(OCc4ccccc4)c3)cc1)c1cc(Br)ccc1-2. The number of hydrogen-bond donors (Lipinski definition) is 0. The molecule has 0 spiro atoms. The molecule has 0 N–H and O–H groups in total. The molecule has 0 saturated carbocycles. The minimum Gasteiger partial charge on any atom is -0.489 e. The Labute approximate surface area is 455 Å². The highest BCUT2D eigenvalue weighted by atomic mass is 79.9. The van der Waals surface area contributed by atoms with E-state index in [-0.39, 0.29) is 0 Å². The van der Waals surface area contributed by atoms with E-state index in [1.165, 1.54) is 22.3 Å². The zero-order chi connectivity index (χ0) is 50.8. The van der Waals surface area contributed by atoms with Crippen molar-refractivity contribution in [3.8, 4) is 45.6 Å². The Morgan fingerprint density at radius 2 is 0.533 bits per heavy atom. The highest BCUT2D eigenvalue weighted by molar-refractivity contribution is 9.10. The third-order valence-corrected chi connectivity index (χ3v) is 14.3. The summed E-state index contributed by atoms with van der Waals surface area (Å²) >= 11 is 7.70. The predicted molar refractivity (Wildman–Crippen MR) is 304 cm³/mol. The van der Waals surface area contributed by atoms with Gasteiger partial charge in [-0.2, -0.15) is 0 Å². The van der Waals surface area contributed by atoms with Crippen molar-refractivity contribution in [1.29, 1.82) is 0 Å². The van der Waals surface area contributed by atoms with Crippen LogP contribution in [0.5, 0.6) is 34.5 Å². The number of ether oxygens (including phenoxy) is 6. The zero-order valence-corrected chi connectivity index (χ0v) is 44.2. The summed E-state index contributed by atoms with van der Waals surface area (Å²) in [5, 5.41) is 0. The van der Waals surface area contributed by atoms with E-state index in [0.717, 1.165) is 65.0 Å². The molecule has 0 atom stereocenters. The molecule has 1 aliphatic rings. The summed E-state index contributed by atoms with van der Waals surface area (Å²) in [6.45, 7) is 2.38. The van der Waals surface area contributed by atoms with Crippen LogP contribution in [-0.2, 0) is 45.1 Å². The van der Waals surface area contributed by atoms with Gasteiger partial charge in [0.05, 0.1) is 5.41 Å². The van der Waals surface area contributed by atoms with Gasteiger partial charge in [0, 0.05) is 21.1 Å². The standard InChI is InChI=1S/C67H52Br2O6/c68-55-25-31-63-64-32-26-56(69)38-66(64)67(65(63)37-55,53-21-27-57(28-22-53)70-45-51-33-59(72-41-47-13-5-1-6-14-47)39-60(34-51)73-42-48-15-7-2-8-16-48)54-23-29-58(30-24-54)71-46-52-35-61(74-43-49-17-9-3-10-18-49)40-62(36-52)75-44-50-19-11-4-12-20-50/h1-40H,41-46H2. The van der Waals surface area contributed by atoms with Crippen molar-refractivity contribution in [2.45, 2.75) is 45.1 Å². The van der Waals surface area contributed by atoms with Crippen molar-refractivity contribution in [1.82, 2.24) is 0 Å². The smallest absolute Gasteiger partial charge is 0.123 e. The van der Waals surface area contributed by atoms with Crippen molar-refractivity contribution >= 4 is 31.9 Å². The van der Waals surface area contributed by atoms with Crippen LogP contribution in [0.4, 0.5) is 0 Å². The van der Waals surface area contributed by atoms with E-state index in [2.05, 4.69) is 165 Å². The molecule has 1 aliphatic carbocycles. The van der Waals surface area contributed by atoms with Crippen molar-refractivity contribution in [2.75, 3.05) is 0 Å². The molecule has 0 aliphatic heterocycles. The predicted octanol–water partition coefficient (Wildman–Crippen LogP) is 17.0. The molecule has 8 heteroatoms. The molecular weight excluding hydrogens is 1060 g/mol. The van der Waals surface area contributed by atoms with Gasteiger partial charge in [0.15, 0.2) is 0 Å². The van der Waals surface area contributed by atoms with Gasteiger partial charge in [0.2, 0.25) is 0 Å². The summed E-state index contributed by atoms with van der Waals surface area (Å²) in [5.74, 6) is 4.33. The van der Waals surface area contributed by atoms with Crippen molar-refractivity contribution in [3.63, 3.8) is 0 Å². The Morgan fingerprint density at radius 3 is 0.840 bits per heavy atom. The minimum atomic E-state index is -0.680. The lowest BCUT2D eigenvalue weighted by Crippen LogP contribution is -2.28. The second-order valence-corrected chi connectivity index (χ2v) is 20.3. The summed E-state index contributed by atoms with van der Waals surface area (Å²) in [7, 11) is 0. The van der Waals surface area contributed by atoms with Gasteiger partial charge < -0.3 is 28.4 Å². The second kappa shape index (κ2) is 23.0. The Balaban J connectivity index is 0.864. The monoisotopic (exact) mass is 1110 g/mol. The van der Waals surface area contributed by atoms with Gasteiger partial charge >= 0.3 is 0 Å². The molecule has 0 unspecified atom stereocenters. The summed E-state index contributed by atoms with van der Waals surface area (Å²) < 4.78 is 40.4. The van der Waals surface area contributed by atoms with Crippen LogP contribution >= 0.6 is 31.9 Å². The van der Waals surface area contributed by atoms with Crippen LogP contribution in [0, 0.1) is 0 Å². The van der Waals surface area contributed by atoms with Gasteiger partial charge in [-0.05, 0) is 140 Å². The van der Waals surface area contributed by atoms with Crippen molar-refractivity contribution in [3.05, 3.63) is 307 Å². The highest BCUT2D eigenvalue weighted by Crippen LogP contribution is 2.57. The molecule has 6 nitrogen and oxygen atoms in total. The van der Waals surface area contributed by atoms with Crippen LogP contribution in [0.1, 0.15) is 55.6 Å². The van der Waals surface area contributed by atoms with E-state index in [9.17, 15) is 0 Å². The third kappa shape index (κ3) is 11.7. The Morgan fingerprint density at radius 1 is 0.253 bits per heavy atom. The van der Waals surface area contributed by atoms with Crippen molar-refractivity contribution in [2.24, 2.45) is 0 Å². The van der Waals surface area contributed by atoms with Gasteiger partial charge in [-0.15, -0.1) is 0 Å². The summed E-state index contributed by atoms with van der Waals surface area (Å²) in [5.41, 5.74) is 12.4. The zero-order valence-electron chi connectivity index (χ0n) is 41.0. The fraction of sp³-hybridized carbons (Fsp3) is 0.104. The Hall–Kier alpha value is -8.04. The molecule has 0 heterocycles. The number of fused-ring (bicyclic) bond motifs is 3. The number of rotatable bonds is 20. The van der Waals surface area contributed by atoms with E-state index in [0.29, 0.717) is 62.6 Å². The number of halogens is 2. The quantitative estimate of drug-likeness (QED) is 0.0758. The molecule has 10 aromatic carbocycles. The summed E-state index contributed by atoms with van der Waals surface area (Å²) in [6.07, 6.45) is 0. The summed E-state index contributed by atoms with van der Waals surface area (Å²) in [4.78, 5) is 0. The maximum absolute atomic E-state index is 6.56. The first-order valence-corrected chi connectivity index (χ1v) is 26.5. The first kappa shape index (κ1) is 49.2. The topological polar surface area (TPSA) is 55.4 Å². The molecule has 75 heavy (non-hydrogen) atoms. The van der Waals surface area contributed by atoms with Gasteiger partial charge in [-0.25, -0.2) is 0 Å². The molecule has 10 aromatic rings. The molecule has 11 rings (SSSR count). The molecule has 0 aromatic heterocycles. The average molecular weight is 1110 g/mol. The molecular formula is C67H52Br2O6. The van der Waals surface area contributed by atoms with Crippen LogP contribution in [0.2, 0.25) is 0 Å². The van der Waals surface area contributed by atoms with Crippen LogP contribution < -0.4 is 28.4 Å². The van der Waals surface area contributed by atoms with E-state index in [4.69, 9.17) is 28.4 Å². The average Bonchev–Trinajstić information content (AvgIpc) is 3.78. The lowest BCUT2D eigenvalue weighted by Gasteiger charge is -2.34. The van der Waals surface area contributed by atoms with Gasteiger partial charge in [-0.1, -0.05) is 190 Å². The molecule has 0 radical (unpaired) electrons. The van der Waals surface area contributed by atoms with Crippen LogP contribution in [0.15, 0.2) is 252 Å². The van der Waals surface area contributed by atoms with Gasteiger partial charge in [0.1, 0.15) is 74.1 Å². The van der Waals surface area contributed by atoms with Crippen LogP contribution in [-0.4, -0.2) is 0 Å². The second-order valence-electron chi connectivity index (χ2n) is 18.5. The Kier molecular flexibility index (Phi) is 15.1. The fourth-order valence-corrected chi connectivity index (χ4v) is 10.4. The lowest BCUT2D eigenvalue weighted by atomic mass is 9.67. The van der Waals surface area contributed by atoms with Crippen LogP contribution in [0.3, 0.4) is 0 Å². The van der Waals surface area contributed by atoms with E-state index in [1.54, 1.807) is 0 Å². The lowest BCUT2D eigenvalue weighted by molar-refractivity contribution is 0.281. The van der Waals surface area contributed by atoms with Gasteiger partial charge in [-0.3, -0.25) is 0 Å². The Bertz CT molecular complexity index is 3140. The number of benzene rings is 10. The maximum Gasteiger partial charge on any atom is 0.123 e. The van der Waals surface area contributed by atoms with Crippen molar-refractivity contribution < 1.29 is 28.4 Å². The first-order chi connectivity index (χ1) is 36.9. The minimum absolute atomic E-state index is 0.314.